The van der Waals surface area contributed by atoms with Crippen molar-refractivity contribution in [2.75, 3.05) is 11.9 Å². The van der Waals surface area contributed by atoms with Gasteiger partial charge in [0, 0.05) is 22.4 Å². The summed E-state index contributed by atoms with van der Waals surface area (Å²) >= 11 is 10.7. The van der Waals surface area contributed by atoms with Crippen LogP contribution >= 0.6 is 38.9 Å². The van der Waals surface area contributed by atoms with Crippen molar-refractivity contribution in [1.29, 1.82) is 0 Å². The van der Waals surface area contributed by atoms with Gasteiger partial charge in [0.25, 0.3) is 5.91 Å². The summed E-state index contributed by atoms with van der Waals surface area (Å²) in [5.41, 5.74) is 1.79. The molecule has 2 rings (SSSR count). The Balaban J connectivity index is 2.24. The van der Waals surface area contributed by atoms with Crippen LogP contribution in [0.1, 0.15) is 22.3 Å². The second kappa shape index (κ2) is 7.62. The molecule has 0 aliphatic heterocycles. The maximum Gasteiger partial charge on any atom is 0.256 e. The van der Waals surface area contributed by atoms with Crippen molar-refractivity contribution < 1.29 is 9.90 Å². The number of anilines is 1. The molecular formula is C15H11BrClNO2S. The minimum absolute atomic E-state index is 0.00517. The van der Waals surface area contributed by atoms with E-state index in [1.165, 1.54) is 11.3 Å². The summed E-state index contributed by atoms with van der Waals surface area (Å²) in [5, 5.41) is 13.8. The number of benzene rings is 1. The number of thiophene rings is 1. The first-order valence-corrected chi connectivity index (χ1v) is 8.10. The van der Waals surface area contributed by atoms with Crippen molar-refractivity contribution in [3.05, 3.63) is 49.6 Å². The number of amides is 1. The second-order valence-electron chi connectivity index (χ2n) is 4.06. The molecule has 0 unspecified atom stereocenters. The number of hydrogen-bond donors (Lipinski definition) is 2. The molecule has 1 aromatic carbocycles. The summed E-state index contributed by atoms with van der Waals surface area (Å²) in [4.78, 5) is 12.2. The van der Waals surface area contributed by atoms with Crippen LogP contribution < -0.4 is 5.32 Å². The number of halogens is 2. The maximum absolute atomic E-state index is 12.2. The van der Waals surface area contributed by atoms with Gasteiger partial charge in [-0.25, -0.2) is 0 Å². The van der Waals surface area contributed by atoms with E-state index < -0.39 is 0 Å². The van der Waals surface area contributed by atoms with Gasteiger partial charge in [0.2, 0.25) is 0 Å². The van der Waals surface area contributed by atoms with Crippen LogP contribution in [0.25, 0.3) is 0 Å². The first-order chi connectivity index (χ1) is 10.1. The third kappa shape index (κ3) is 4.58. The average Bonchev–Trinajstić information content (AvgIpc) is 2.88. The molecule has 108 valence electrons. The molecule has 0 fully saturated rings. The van der Waals surface area contributed by atoms with Crippen LogP contribution in [0.3, 0.4) is 0 Å². The standard InChI is InChI=1S/C15H11BrClNO2S/c16-14-7-11(9-21-14)15(20)18-13-8-12(17)5-4-10(13)3-1-2-6-19/h4-5,7-9,19H,2,6H2,(H,18,20). The zero-order valence-electron chi connectivity index (χ0n) is 10.8. The van der Waals surface area contributed by atoms with Crippen molar-refractivity contribution in [3.63, 3.8) is 0 Å². The summed E-state index contributed by atoms with van der Waals surface area (Å²) < 4.78 is 0.890. The molecule has 1 heterocycles. The summed E-state index contributed by atoms with van der Waals surface area (Å²) in [7, 11) is 0. The van der Waals surface area contributed by atoms with E-state index in [0.29, 0.717) is 28.3 Å². The molecule has 2 aromatic rings. The minimum Gasteiger partial charge on any atom is -0.395 e. The lowest BCUT2D eigenvalue weighted by Crippen LogP contribution is -2.11. The third-order valence-electron chi connectivity index (χ3n) is 2.52. The highest BCUT2D eigenvalue weighted by molar-refractivity contribution is 9.11. The van der Waals surface area contributed by atoms with Gasteiger partial charge < -0.3 is 10.4 Å². The highest BCUT2D eigenvalue weighted by Crippen LogP contribution is 2.24. The second-order valence-corrected chi connectivity index (χ2v) is 6.79. The number of aliphatic hydroxyl groups excluding tert-OH is 1. The van der Waals surface area contributed by atoms with Crippen molar-refractivity contribution in [2.45, 2.75) is 6.42 Å². The summed E-state index contributed by atoms with van der Waals surface area (Å²) in [6.45, 7) is 0.00517. The van der Waals surface area contributed by atoms with Gasteiger partial charge in [-0.2, -0.15) is 0 Å². The average molecular weight is 385 g/mol. The predicted molar refractivity (Wildman–Crippen MR) is 90.0 cm³/mol. The Bertz CT molecular complexity index is 718. The largest absolute Gasteiger partial charge is 0.395 e. The monoisotopic (exact) mass is 383 g/mol. The summed E-state index contributed by atoms with van der Waals surface area (Å²) in [6, 6.07) is 6.86. The molecule has 21 heavy (non-hydrogen) atoms. The van der Waals surface area contributed by atoms with Gasteiger partial charge in [-0.05, 0) is 40.2 Å². The molecule has 0 saturated heterocycles. The van der Waals surface area contributed by atoms with Gasteiger partial charge in [0.1, 0.15) is 0 Å². The van der Waals surface area contributed by atoms with Crippen LogP contribution in [0, 0.1) is 11.8 Å². The SMILES string of the molecule is O=C(Nc1cc(Cl)ccc1C#CCCO)c1csc(Br)c1. The molecular weight excluding hydrogens is 374 g/mol. The Morgan fingerprint density at radius 3 is 2.90 bits per heavy atom. The molecule has 0 aliphatic rings. The van der Waals surface area contributed by atoms with E-state index in [4.69, 9.17) is 16.7 Å². The fourth-order valence-electron chi connectivity index (χ4n) is 1.57. The Kier molecular flexibility index (Phi) is 5.83. The molecule has 0 radical (unpaired) electrons. The Hall–Kier alpha value is -1.32. The normalized spacial score (nSPS) is 9.86. The number of nitrogens with one attached hydrogen (secondary N) is 1. The summed E-state index contributed by atoms with van der Waals surface area (Å²) in [6.07, 6.45) is 0.382. The lowest BCUT2D eigenvalue weighted by atomic mass is 10.1. The highest BCUT2D eigenvalue weighted by atomic mass is 79.9. The van der Waals surface area contributed by atoms with E-state index >= 15 is 0 Å². The van der Waals surface area contributed by atoms with Crippen LogP contribution in [-0.2, 0) is 0 Å². The van der Waals surface area contributed by atoms with Gasteiger partial charge in [-0.3, -0.25) is 4.79 Å². The molecule has 0 saturated carbocycles. The molecule has 2 N–H and O–H groups in total. The van der Waals surface area contributed by atoms with Crippen molar-refractivity contribution in [3.8, 4) is 11.8 Å². The first-order valence-electron chi connectivity index (χ1n) is 6.05. The zero-order valence-corrected chi connectivity index (χ0v) is 14.0. The Morgan fingerprint density at radius 1 is 1.43 bits per heavy atom. The fourth-order valence-corrected chi connectivity index (χ4v) is 2.87. The van der Waals surface area contributed by atoms with E-state index in [-0.39, 0.29) is 12.5 Å². The van der Waals surface area contributed by atoms with Gasteiger partial charge in [0.05, 0.1) is 21.6 Å². The van der Waals surface area contributed by atoms with E-state index in [0.717, 1.165) is 3.79 Å². The van der Waals surface area contributed by atoms with Gasteiger partial charge in [0.15, 0.2) is 0 Å². The highest BCUT2D eigenvalue weighted by Gasteiger charge is 2.10. The van der Waals surface area contributed by atoms with E-state index in [1.807, 2.05) is 0 Å². The molecule has 0 atom stereocenters. The molecule has 1 amide bonds. The van der Waals surface area contributed by atoms with E-state index in [2.05, 4.69) is 33.1 Å². The molecule has 0 bridgehead atoms. The number of carbonyl (C=O) groups is 1. The van der Waals surface area contributed by atoms with E-state index in [1.54, 1.807) is 29.6 Å². The lowest BCUT2D eigenvalue weighted by Gasteiger charge is -2.07. The van der Waals surface area contributed by atoms with Crippen LogP contribution in [-0.4, -0.2) is 17.6 Å². The maximum atomic E-state index is 12.2. The van der Waals surface area contributed by atoms with Crippen LogP contribution in [0.2, 0.25) is 5.02 Å². The Morgan fingerprint density at radius 2 is 2.24 bits per heavy atom. The molecule has 1 aromatic heterocycles. The quantitative estimate of drug-likeness (QED) is 0.781. The minimum atomic E-state index is -0.218. The molecule has 0 spiro atoms. The van der Waals surface area contributed by atoms with Crippen molar-refractivity contribution in [2.24, 2.45) is 0 Å². The topological polar surface area (TPSA) is 49.3 Å². The lowest BCUT2D eigenvalue weighted by molar-refractivity contribution is 0.102. The third-order valence-corrected chi connectivity index (χ3v) is 4.26. The zero-order chi connectivity index (χ0) is 15.2. The van der Waals surface area contributed by atoms with Crippen LogP contribution in [0.4, 0.5) is 5.69 Å². The van der Waals surface area contributed by atoms with Gasteiger partial charge in [-0.15, -0.1) is 11.3 Å². The van der Waals surface area contributed by atoms with Crippen LogP contribution in [0.5, 0.6) is 0 Å². The van der Waals surface area contributed by atoms with Gasteiger partial charge in [-0.1, -0.05) is 23.4 Å². The number of aliphatic hydroxyl groups is 1. The number of hydrogen-bond acceptors (Lipinski definition) is 3. The Labute approximate surface area is 140 Å². The van der Waals surface area contributed by atoms with Crippen molar-refractivity contribution in [1.82, 2.24) is 0 Å². The smallest absolute Gasteiger partial charge is 0.256 e. The van der Waals surface area contributed by atoms with E-state index in [9.17, 15) is 4.79 Å². The molecule has 0 aliphatic carbocycles. The van der Waals surface area contributed by atoms with Crippen LogP contribution in [0.15, 0.2) is 33.4 Å². The number of carbonyl (C=O) groups excluding carboxylic acids is 1. The fraction of sp³-hybridized carbons (Fsp3) is 0.133. The predicted octanol–water partition coefficient (Wildman–Crippen LogP) is 4.15. The van der Waals surface area contributed by atoms with Gasteiger partial charge >= 0.3 is 0 Å². The van der Waals surface area contributed by atoms with Crippen molar-refractivity contribution >= 4 is 50.5 Å². The molecule has 6 heteroatoms. The first kappa shape index (κ1) is 16.1. The summed E-state index contributed by atoms with van der Waals surface area (Å²) in [5.74, 6) is 5.52. The molecule has 3 nitrogen and oxygen atoms in total. The number of rotatable bonds is 3.